The molecule has 1 rings (SSSR count). The van der Waals surface area contributed by atoms with Crippen molar-refractivity contribution in [1.82, 2.24) is 4.90 Å². The standard InChI is InChI=1S/C13H26N4O/c1-3-4-7-16-13(15-2)17-8-5-11(6-9-17)12(18)10-14/h7,11-12,18H,3-6,8-10,14H2,1-2H3. The topological polar surface area (TPSA) is 74.2 Å². The van der Waals surface area contributed by atoms with Crippen molar-refractivity contribution in [3.05, 3.63) is 0 Å². The van der Waals surface area contributed by atoms with E-state index in [4.69, 9.17) is 5.73 Å². The monoisotopic (exact) mass is 254 g/mol. The van der Waals surface area contributed by atoms with Crippen molar-refractivity contribution in [3.8, 4) is 0 Å². The molecule has 0 aromatic rings. The quantitative estimate of drug-likeness (QED) is 0.577. The van der Waals surface area contributed by atoms with Crippen LogP contribution in [0.1, 0.15) is 32.6 Å². The van der Waals surface area contributed by atoms with Crippen LogP contribution < -0.4 is 5.73 Å². The molecule has 1 unspecified atom stereocenters. The van der Waals surface area contributed by atoms with Gasteiger partial charge >= 0.3 is 0 Å². The summed E-state index contributed by atoms with van der Waals surface area (Å²) in [4.78, 5) is 10.8. The van der Waals surface area contributed by atoms with Gasteiger partial charge in [0.25, 0.3) is 0 Å². The Hall–Kier alpha value is -0.940. The van der Waals surface area contributed by atoms with E-state index in [1.165, 1.54) is 0 Å². The van der Waals surface area contributed by atoms with Crippen molar-refractivity contribution in [2.45, 2.75) is 38.7 Å². The fourth-order valence-electron chi connectivity index (χ4n) is 2.23. The zero-order chi connectivity index (χ0) is 13.4. The Morgan fingerprint density at radius 1 is 1.50 bits per heavy atom. The number of rotatable bonds is 4. The third-order valence-corrected chi connectivity index (χ3v) is 3.43. The number of nitrogens with zero attached hydrogens (tertiary/aromatic N) is 3. The molecule has 0 saturated carbocycles. The molecule has 1 aliphatic heterocycles. The van der Waals surface area contributed by atoms with Gasteiger partial charge in [-0.25, -0.2) is 4.99 Å². The summed E-state index contributed by atoms with van der Waals surface area (Å²) in [5.41, 5.74) is 5.49. The van der Waals surface area contributed by atoms with Crippen molar-refractivity contribution >= 4 is 12.2 Å². The van der Waals surface area contributed by atoms with Crippen LogP contribution in [-0.2, 0) is 0 Å². The Labute approximate surface area is 110 Å². The minimum absolute atomic E-state index is 0.323. The number of piperidine rings is 1. The van der Waals surface area contributed by atoms with Gasteiger partial charge in [-0.2, -0.15) is 0 Å². The van der Waals surface area contributed by atoms with E-state index >= 15 is 0 Å². The van der Waals surface area contributed by atoms with E-state index in [0.717, 1.165) is 44.7 Å². The number of nitrogens with two attached hydrogens (primary N) is 1. The predicted octanol–water partition coefficient (Wildman–Crippen LogP) is 0.875. The molecule has 0 amide bonds. The lowest BCUT2D eigenvalue weighted by Gasteiger charge is -2.34. The highest BCUT2D eigenvalue weighted by Crippen LogP contribution is 2.20. The van der Waals surface area contributed by atoms with E-state index < -0.39 is 0 Å². The fraction of sp³-hybridized carbons (Fsp3) is 0.846. The van der Waals surface area contributed by atoms with Crippen LogP contribution in [0.2, 0.25) is 0 Å². The molecule has 0 aromatic carbocycles. The van der Waals surface area contributed by atoms with E-state index in [9.17, 15) is 5.11 Å². The maximum Gasteiger partial charge on any atom is 0.219 e. The first-order valence-electron chi connectivity index (χ1n) is 6.85. The smallest absolute Gasteiger partial charge is 0.219 e. The average Bonchev–Trinajstić information content (AvgIpc) is 2.43. The molecule has 104 valence electrons. The Bertz CT molecular complexity index is 283. The minimum Gasteiger partial charge on any atom is -0.392 e. The molecule has 1 fully saturated rings. The molecule has 1 aliphatic rings. The summed E-state index contributed by atoms with van der Waals surface area (Å²) >= 11 is 0. The van der Waals surface area contributed by atoms with Gasteiger partial charge in [0, 0.05) is 32.9 Å². The summed E-state index contributed by atoms with van der Waals surface area (Å²) in [7, 11) is 1.78. The van der Waals surface area contributed by atoms with Gasteiger partial charge in [0.2, 0.25) is 5.96 Å². The Morgan fingerprint density at radius 2 is 2.17 bits per heavy atom. The zero-order valence-electron chi connectivity index (χ0n) is 11.5. The third kappa shape index (κ3) is 4.38. The van der Waals surface area contributed by atoms with Crippen LogP contribution in [0, 0.1) is 5.92 Å². The number of guanidine groups is 1. The van der Waals surface area contributed by atoms with E-state index in [1.54, 1.807) is 7.05 Å². The van der Waals surface area contributed by atoms with Gasteiger partial charge in [-0.3, -0.25) is 4.99 Å². The minimum atomic E-state index is -0.363. The van der Waals surface area contributed by atoms with Crippen molar-refractivity contribution in [2.24, 2.45) is 21.6 Å². The van der Waals surface area contributed by atoms with Crippen LogP contribution in [0.5, 0.6) is 0 Å². The van der Waals surface area contributed by atoms with Gasteiger partial charge in [0.05, 0.1) is 6.10 Å². The first kappa shape index (κ1) is 15.1. The van der Waals surface area contributed by atoms with Crippen molar-refractivity contribution in [3.63, 3.8) is 0 Å². The van der Waals surface area contributed by atoms with Gasteiger partial charge in [0.15, 0.2) is 0 Å². The first-order chi connectivity index (χ1) is 8.72. The van der Waals surface area contributed by atoms with Crippen LogP contribution >= 0.6 is 0 Å². The lowest BCUT2D eigenvalue weighted by molar-refractivity contribution is 0.0807. The Balaban J connectivity index is 2.45. The highest BCUT2D eigenvalue weighted by Gasteiger charge is 2.25. The van der Waals surface area contributed by atoms with E-state index in [-0.39, 0.29) is 6.10 Å². The number of aliphatic hydroxyl groups excluding tert-OH is 1. The molecule has 0 spiro atoms. The van der Waals surface area contributed by atoms with E-state index in [0.29, 0.717) is 12.5 Å². The van der Waals surface area contributed by atoms with Gasteiger partial charge in [0.1, 0.15) is 0 Å². The summed E-state index contributed by atoms with van der Waals surface area (Å²) < 4.78 is 0. The second-order valence-electron chi connectivity index (χ2n) is 4.75. The van der Waals surface area contributed by atoms with Gasteiger partial charge in [-0.15, -0.1) is 0 Å². The van der Waals surface area contributed by atoms with E-state index in [2.05, 4.69) is 21.8 Å². The van der Waals surface area contributed by atoms with Crippen molar-refractivity contribution in [2.75, 3.05) is 26.7 Å². The maximum absolute atomic E-state index is 9.73. The fourth-order valence-corrected chi connectivity index (χ4v) is 2.23. The number of unbranched alkanes of at least 4 members (excludes halogenated alkanes) is 1. The molecule has 1 saturated heterocycles. The summed E-state index contributed by atoms with van der Waals surface area (Å²) in [5.74, 6) is 1.13. The largest absolute Gasteiger partial charge is 0.392 e. The van der Waals surface area contributed by atoms with Crippen LogP contribution in [0.15, 0.2) is 9.98 Å². The third-order valence-electron chi connectivity index (χ3n) is 3.43. The highest BCUT2D eigenvalue weighted by molar-refractivity contribution is 5.87. The zero-order valence-corrected chi connectivity index (χ0v) is 11.5. The molecule has 1 heterocycles. The number of hydrogen-bond donors (Lipinski definition) is 2. The van der Waals surface area contributed by atoms with Gasteiger partial charge < -0.3 is 15.7 Å². The molecule has 0 radical (unpaired) electrons. The van der Waals surface area contributed by atoms with Crippen LogP contribution in [0.4, 0.5) is 0 Å². The number of likely N-dealkylation sites (tertiary alicyclic amines) is 1. The second kappa shape index (κ2) is 8.21. The highest BCUT2D eigenvalue weighted by atomic mass is 16.3. The second-order valence-corrected chi connectivity index (χ2v) is 4.75. The lowest BCUT2D eigenvalue weighted by atomic mass is 9.91. The normalized spacial score (nSPS) is 20.7. The molecular weight excluding hydrogens is 228 g/mol. The number of aliphatic hydroxyl groups is 1. The van der Waals surface area contributed by atoms with Crippen LogP contribution in [0.25, 0.3) is 0 Å². The molecule has 3 N–H and O–H groups in total. The molecule has 0 bridgehead atoms. The summed E-state index contributed by atoms with van der Waals surface area (Å²) in [6.45, 7) is 4.29. The summed E-state index contributed by atoms with van der Waals surface area (Å²) in [5, 5.41) is 9.73. The summed E-state index contributed by atoms with van der Waals surface area (Å²) in [6.07, 6.45) is 5.58. The predicted molar refractivity (Wildman–Crippen MR) is 76.1 cm³/mol. The van der Waals surface area contributed by atoms with Crippen molar-refractivity contribution < 1.29 is 5.11 Å². The van der Waals surface area contributed by atoms with Crippen LogP contribution in [0.3, 0.4) is 0 Å². The number of aliphatic imine (C=N–C) groups is 2. The Kier molecular flexibility index (Phi) is 6.90. The lowest BCUT2D eigenvalue weighted by Crippen LogP contribution is -2.42. The molecule has 5 nitrogen and oxygen atoms in total. The van der Waals surface area contributed by atoms with Gasteiger partial charge in [-0.1, -0.05) is 13.3 Å². The van der Waals surface area contributed by atoms with Crippen LogP contribution in [-0.4, -0.2) is 55.0 Å². The first-order valence-corrected chi connectivity index (χ1v) is 6.85. The van der Waals surface area contributed by atoms with E-state index in [1.807, 2.05) is 6.21 Å². The number of hydrogen-bond acceptors (Lipinski definition) is 3. The van der Waals surface area contributed by atoms with Gasteiger partial charge in [-0.05, 0) is 25.2 Å². The molecule has 0 aliphatic carbocycles. The SMILES string of the molecule is CCCC=NC(=NC)N1CCC(C(O)CN)CC1. The molecule has 18 heavy (non-hydrogen) atoms. The molecule has 0 aromatic heterocycles. The molecule has 5 heteroatoms. The molecular formula is C13H26N4O. The Morgan fingerprint density at radius 3 is 2.67 bits per heavy atom. The van der Waals surface area contributed by atoms with Crippen molar-refractivity contribution in [1.29, 1.82) is 0 Å². The average molecular weight is 254 g/mol. The summed E-state index contributed by atoms with van der Waals surface area (Å²) in [6, 6.07) is 0. The molecule has 1 atom stereocenters. The maximum atomic E-state index is 9.73.